The molecule has 0 saturated heterocycles. The molecule has 8 heteroatoms. The standard InChI is InChI=1S/C23H29N3O5/c1-5-30-19-9-7-18(8-10-19)25-22(27)12-13-23(28)26-24-15-17-6-11-20(31-16(2)3)21(14-17)29-4/h6-11,14-16H,5,12-13H2,1-4H3,(H,25,27)(H,26,28)/b24-15+. The lowest BCUT2D eigenvalue weighted by Gasteiger charge is -2.13. The first-order chi connectivity index (χ1) is 14.9. The second-order valence-corrected chi connectivity index (χ2v) is 6.88. The van der Waals surface area contributed by atoms with Gasteiger partial charge in [0.05, 0.1) is 26.0 Å². The number of methoxy groups -OCH3 is 1. The van der Waals surface area contributed by atoms with Crippen LogP contribution in [0.3, 0.4) is 0 Å². The van der Waals surface area contributed by atoms with Crippen molar-refractivity contribution < 1.29 is 23.8 Å². The molecule has 2 aromatic rings. The highest BCUT2D eigenvalue weighted by Gasteiger charge is 2.08. The van der Waals surface area contributed by atoms with Crippen molar-refractivity contribution in [1.29, 1.82) is 0 Å². The second kappa shape index (κ2) is 12.2. The predicted octanol–water partition coefficient (Wildman–Crippen LogP) is 3.75. The van der Waals surface area contributed by atoms with Crippen molar-refractivity contribution >= 4 is 23.7 Å². The fourth-order valence-electron chi connectivity index (χ4n) is 2.60. The SMILES string of the molecule is CCOc1ccc(NC(=O)CCC(=O)N/N=C/c2ccc(OC(C)C)c(OC)c2)cc1. The largest absolute Gasteiger partial charge is 0.494 e. The first kappa shape index (κ1) is 23.7. The van der Waals surface area contributed by atoms with Crippen molar-refractivity contribution in [1.82, 2.24) is 5.43 Å². The summed E-state index contributed by atoms with van der Waals surface area (Å²) in [6.07, 6.45) is 1.59. The molecule has 0 radical (unpaired) electrons. The van der Waals surface area contributed by atoms with Gasteiger partial charge in [0.2, 0.25) is 11.8 Å². The van der Waals surface area contributed by atoms with E-state index in [2.05, 4.69) is 15.8 Å². The average molecular weight is 428 g/mol. The molecule has 2 rings (SSSR count). The Hall–Kier alpha value is -3.55. The van der Waals surface area contributed by atoms with Crippen molar-refractivity contribution in [2.75, 3.05) is 19.0 Å². The fourth-order valence-corrected chi connectivity index (χ4v) is 2.60. The van der Waals surface area contributed by atoms with Crippen molar-refractivity contribution in [3.8, 4) is 17.2 Å². The number of ether oxygens (including phenoxy) is 3. The number of nitrogens with one attached hydrogen (secondary N) is 2. The summed E-state index contributed by atoms with van der Waals surface area (Å²) in [6, 6.07) is 12.4. The molecule has 0 aliphatic rings. The molecular weight excluding hydrogens is 398 g/mol. The minimum absolute atomic E-state index is 0.0185. The molecule has 0 aromatic heterocycles. The topological polar surface area (TPSA) is 98.2 Å². The van der Waals surface area contributed by atoms with Crippen LogP contribution in [-0.2, 0) is 9.59 Å². The van der Waals surface area contributed by atoms with E-state index in [0.29, 0.717) is 23.8 Å². The fraction of sp³-hybridized carbons (Fsp3) is 0.348. The molecule has 0 heterocycles. The number of hydrogen-bond acceptors (Lipinski definition) is 6. The zero-order valence-electron chi connectivity index (χ0n) is 18.3. The summed E-state index contributed by atoms with van der Waals surface area (Å²) in [5.41, 5.74) is 3.80. The molecule has 8 nitrogen and oxygen atoms in total. The molecule has 0 atom stereocenters. The first-order valence-corrected chi connectivity index (χ1v) is 10.1. The molecule has 0 aliphatic heterocycles. The van der Waals surface area contributed by atoms with E-state index in [4.69, 9.17) is 14.2 Å². The van der Waals surface area contributed by atoms with Crippen LogP contribution in [0.1, 0.15) is 39.2 Å². The van der Waals surface area contributed by atoms with Gasteiger partial charge in [0, 0.05) is 18.5 Å². The molecule has 2 aromatic carbocycles. The molecule has 0 saturated carbocycles. The van der Waals surface area contributed by atoms with Gasteiger partial charge in [-0.1, -0.05) is 0 Å². The Labute approximate surface area is 182 Å². The van der Waals surface area contributed by atoms with Gasteiger partial charge >= 0.3 is 0 Å². The van der Waals surface area contributed by atoms with E-state index in [0.717, 1.165) is 11.3 Å². The van der Waals surface area contributed by atoms with Gasteiger partial charge in [0.25, 0.3) is 0 Å². The number of rotatable bonds is 11. The molecule has 2 amide bonds. The summed E-state index contributed by atoms with van der Waals surface area (Å²) in [7, 11) is 1.56. The highest BCUT2D eigenvalue weighted by molar-refractivity contribution is 5.93. The van der Waals surface area contributed by atoms with E-state index in [1.807, 2.05) is 20.8 Å². The Morgan fingerprint density at radius 3 is 2.39 bits per heavy atom. The van der Waals surface area contributed by atoms with E-state index in [-0.39, 0.29) is 30.8 Å². The number of carbonyl (C=O) groups excluding carboxylic acids is 2. The van der Waals surface area contributed by atoms with Crippen LogP contribution < -0.4 is 25.0 Å². The van der Waals surface area contributed by atoms with Gasteiger partial charge in [-0.05, 0) is 68.8 Å². The summed E-state index contributed by atoms with van der Waals surface area (Å²) < 4.78 is 16.3. The van der Waals surface area contributed by atoms with Gasteiger partial charge in [-0.25, -0.2) is 5.43 Å². The summed E-state index contributed by atoms with van der Waals surface area (Å²) in [5.74, 6) is 1.34. The van der Waals surface area contributed by atoms with Crippen LogP contribution in [0.2, 0.25) is 0 Å². The zero-order chi connectivity index (χ0) is 22.6. The van der Waals surface area contributed by atoms with E-state index < -0.39 is 0 Å². The maximum atomic E-state index is 12.0. The van der Waals surface area contributed by atoms with Crippen molar-refractivity contribution in [2.45, 2.75) is 39.7 Å². The lowest BCUT2D eigenvalue weighted by molar-refractivity contribution is -0.124. The summed E-state index contributed by atoms with van der Waals surface area (Å²) in [5, 5.41) is 6.67. The minimum Gasteiger partial charge on any atom is -0.494 e. The molecule has 0 unspecified atom stereocenters. The second-order valence-electron chi connectivity index (χ2n) is 6.88. The number of carbonyl (C=O) groups is 2. The number of hydrazone groups is 1. The van der Waals surface area contributed by atoms with Gasteiger partial charge in [-0.15, -0.1) is 0 Å². The Kier molecular flexibility index (Phi) is 9.35. The molecule has 166 valence electrons. The Morgan fingerprint density at radius 1 is 1.03 bits per heavy atom. The van der Waals surface area contributed by atoms with Gasteiger partial charge < -0.3 is 19.5 Å². The van der Waals surface area contributed by atoms with Crippen LogP contribution in [0.5, 0.6) is 17.2 Å². The molecule has 0 aliphatic carbocycles. The summed E-state index contributed by atoms with van der Waals surface area (Å²) in [6.45, 7) is 6.35. The quantitative estimate of drug-likeness (QED) is 0.420. The lowest BCUT2D eigenvalue weighted by atomic mass is 10.2. The third-order valence-electron chi connectivity index (χ3n) is 3.98. The maximum Gasteiger partial charge on any atom is 0.240 e. The van der Waals surface area contributed by atoms with Crippen LogP contribution in [-0.4, -0.2) is 37.8 Å². The lowest BCUT2D eigenvalue weighted by Crippen LogP contribution is -2.20. The Bertz CT molecular complexity index is 895. The number of benzene rings is 2. The van der Waals surface area contributed by atoms with E-state index in [1.54, 1.807) is 49.6 Å². The highest BCUT2D eigenvalue weighted by Crippen LogP contribution is 2.28. The van der Waals surface area contributed by atoms with E-state index >= 15 is 0 Å². The van der Waals surface area contributed by atoms with Gasteiger partial charge in [-0.2, -0.15) is 5.10 Å². The monoisotopic (exact) mass is 427 g/mol. The van der Waals surface area contributed by atoms with Gasteiger partial charge in [-0.3, -0.25) is 9.59 Å². The Morgan fingerprint density at radius 2 is 1.74 bits per heavy atom. The van der Waals surface area contributed by atoms with Crippen molar-refractivity contribution in [3.05, 3.63) is 48.0 Å². The molecule has 2 N–H and O–H groups in total. The van der Waals surface area contributed by atoms with Crippen LogP contribution in [0, 0.1) is 0 Å². The number of nitrogens with zero attached hydrogens (tertiary/aromatic N) is 1. The normalized spacial score (nSPS) is 10.7. The van der Waals surface area contributed by atoms with Crippen LogP contribution >= 0.6 is 0 Å². The molecule has 0 bridgehead atoms. The van der Waals surface area contributed by atoms with Crippen LogP contribution in [0.15, 0.2) is 47.6 Å². The van der Waals surface area contributed by atoms with Crippen LogP contribution in [0.25, 0.3) is 0 Å². The number of amides is 2. The predicted molar refractivity (Wildman–Crippen MR) is 120 cm³/mol. The molecule has 31 heavy (non-hydrogen) atoms. The highest BCUT2D eigenvalue weighted by atomic mass is 16.5. The smallest absolute Gasteiger partial charge is 0.240 e. The summed E-state index contributed by atoms with van der Waals surface area (Å²) >= 11 is 0. The molecule has 0 fully saturated rings. The molecule has 0 spiro atoms. The molecular formula is C23H29N3O5. The number of hydrogen-bond donors (Lipinski definition) is 2. The third-order valence-corrected chi connectivity index (χ3v) is 3.98. The van der Waals surface area contributed by atoms with Crippen molar-refractivity contribution in [3.63, 3.8) is 0 Å². The average Bonchev–Trinajstić information content (AvgIpc) is 2.74. The van der Waals surface area contributed by atoms with Gasteiger partial charge in [0.1, 0.15) is 5.75 Å². The van der Waals surface area contributed by atoms with E-state index in [1.165, 1.54) is 6.21 Å². The van der Waals surface area contributed by atoms with Crippen LogP contribution in [0.4, 0.5) is 5.69 Å². The maximum absolute atomic E-state index is 12.0. The number of anilines is 1. The Balaban J connectivity index is 1.78. The third kappa shape index (κ3) is 8.38. The van der Waals surface area contributed by atoms with E-state index in [9.17, 15) is 9.59 Å². The zero-order valence-corrected chi connectivity index (χ0v) is 18.3. The first-order valence-electron chi connectivity index (χ1n) is 10.1. The minimum atomic E-state index is -0.357. The van der Waals surface area contributed by atoms with Gasteiger partial charge in [0.15, 0.2) is 11.5 Å². The van der Waals surface area contributed by atoms with Crippen molar-refractivity contribution in [2.24, 2.45) is 5.10 Å². The summed E-state index contributed by atoms with van der Waals surface area (Å²) in [4.78, 5) is 24.0.